The molecule has 0 aliphatic heterocycles. The molecule has 0 unspecified atom stereocenters. The van der Waals surface area contributed by atoms with Crippen LogP contribution >= 0.6 is 0 Å². The average Bonchev–Trinajstić information content (AvgIpc) is 3.18. The first-order valence-electron chi connectivity index (χ1n) is 7.40. The van der Waals surface area contributed by atoms with Gasteiger partial charge in [-0.3, -0.25) is 0 Å². The van der Waals surface area contributed by atoms with Gasteiger partial charge in [-0.05, 0) is 30.5 Å². The lowest BCUT2D eigenvalue weighted by Crippen LogP contribution is -2.15. The number of aromatic amines is 1. The number of hydrogen-bond acceptors (Lipinski definition) is 4. The molecule has 1 saturated carbocycles. The molecule has 2 N–H and O–H groups in total. The van der Waals surface area contributed by atoms with E-state index in [1.807, 2.05) is 24.7 Å². The number of pyridine rings is 1. The lowest BCUT2D eigenvalue weighted by atomic mass is 10.1. The molecule has 106 valence electrons. The zero-order chi connectivity index (χ0) is 14.1. The normalized spacial score (nSPS) is 15.6. The van der Waals surface area contributed by atoms with Crippen LogP contribution in [0.2, 0.25) is 0 Å². The Morgan fingerprint density at radius 1 is 1.14 bits per heavy atom. The fourth-order valence-corrected chi connectivity index (χ4v) is 3.07. The molecule has 0 amide bonds. The number of hydrogen-bond donors (Lipinski definition) is 2. The Kier molecular flexibility index (Phi) is 3.03. The topological polar surface area (TPSA) is 66.5 Å². The number of rotatable bonds is 3. The van der Waals surface area contributed by atoms with Gasteiger partial charge in [-0.15, -0.1) is 0 Å². The smallest absolute Gasteiger partial charge is 0.140 e. The van der Waals surface area contributed by atoms with Crippen molar-refractivity contribution in [1.82, 2.24) is 19.9 Å². The van der Waals surface area contributed by atoms with Gasteiger partial charge in [0.15, 0.2) is 0 Å². The van der Waals surface area contributed by atoms with E-state index in [-0.39, 0.29) is 0 Å². The number of nitrogens with zero attached hydrogens (tertiary/aromatic N) is 3. The number of fused-ring (bicyclic) bond motifs is 1. The molecule has 3 aromatic rings. The lowest BCUT2D eigenvalue weighted by molar-refractivity contribution is 0.751. The van der Waals surface area contributed by atoms with Gasteiger partial charge >= 0.3 is 0 Å². The largest absolute Gasteiger partial charge is 0.367 e. The summed E-state index contributed by atoms with van der Waals surface area (Å²) in [4.78, 5) is 16.1. The van der Waals surface area contributed by atoms with Crippen LogP contribution in [0.4, 0.5) is 5.82 Å². The molecule has 4 rings (SSSR count). The molecule has 0 spiro atoms. The standard InChI is InChI=1S/C16H17N5/c1-2-4-12(3-1)20-15-7-14(11-8-17-10-18-9-11)13-5-6-19-16(13)21-15/h5-10,12H,1-4H2,(H2,19,20,21). The number of aromatic nitrogens is 4. The Bertz CT molecular complexity index is 744. The van der Waals surface area contributed by atoms with Crippen molar-refractivity contribution >= 4 is 16.9 Å². The average molecular weight is 279 g/mol. The van der Waals surface area contributed by atoms with Crippen LogP contribution in [0, 0.1) is 0 Å². The van der Waals surface area contributed by atoms with Crippen LogP contribution < -0.4 is 5.32 Å². The van der Waals surface area contributed by atoms with Crippen molar-refractivity contribution < 1.29 is 0 Å². The van der Waals surface area contributed by atoms with E-state index in [0.29, 0.717) is 6.04 Å². The Morgan fingerprint density at radius 2 is 1.95 bits per heavy atom. The Labute approximate surface area is 122 Å². The first-order valence-corrected chi connectivity index (χ1v) is 7.40. The van der Waals surface area contributed by atoms with Crippen molar-refractivity contribution in [2.75, 3.05) is 5.32 Å². The molecule has 3 aromatic heterocycles. The number of anilines is 1. The summed E-state index contributed by atoms with van der Waals surface area (Å²) < 4.78 is 0. The molecule has 0 atom stereocenters. The molecule has 0 saturated heterocycles. The maximum absolute atomic E-state index is 4.68. The molecule has 1 aliphatic rings. The van der Waals surface area contributed by atoms with Crippen molar-refractivity contribution in [2.24, 2.45) is 0 Å². The van der Waals surface area contributed by atoms with E-state index in [4.69, 9.17) is 0 Å². The first kappa shape index (κ1) is 12.3. The highest BCUT2D eigenvalue weighted by Crippen LogP contribution is 2.30. The van der Waals surface area contributed by atoms with E-state index in [1.165, 1.54) is 25.7 Å². The second-order valence-corrected chi connectivity index (χ2v) is 5.55. The SMILES string of the molecule is c1ncc(-c2cc(NC3CCCC3)nc3[nH]ccc23)cn1. The minimum atomic E-state index is 0.546. The third kappa shape index (κ3) is 2.35. The summed E-state index contributed by atoms with van der Waals surface area (Å²) in [7, 11) is 0. The summed E-state index contributed by atoms with van der Waals surface area (Å²) in [6, 6.07) is 4.70. The quantitative estimate of drug-likeness (QED) is 0.771. The van der Waals surface area contributed by atoms with Gasteiger partial charge in [0.25, 0.3) is 0 Å². The predicted octanol–water partition coefficient (Wildman–Crippen LogP) is 3.37. The maximum atomic E-state index is 4.68. The van der Waals surface area contributed by atoms with Gasteiger partial charge < -0.3 is 10.3 Å². The van der Waals surface area contributed by atoms with Crippen LogP contribution in [-0.4, -0.2) is 26.0 Å². The molecule has 5 nitrogen and oxygen atoms in total. The minimum absolute atomic E-state index is 0.546. The molecular formula is C16H17N5. The third-order valence-electron chi connectivity index (χ3n) is 4.11. The molecule has 0 radical (unpaired) electrons. The lowest BCUT2D eigenvalue weighted by Gasteiger charge is -2.14. The van der Waals surface area contributed by atoms with Crippen molar-refractivity contribution in [3.05, 3.63) is 37.1 Å². The Hall–Kier alpha value is -2.43. The van der Waals surface area contributed by atoms with Crippen molar-refractivity contribution in [3.8, 4) is 11.1 Å². The van der Waals surface area contributed by atoms with Crippen LogP contribution in [0.15, 0.2) is 37.1 Å². The van der Waals surface area contributed by atoms with Gasteiger partial charge in [-0.2, -0.15) is 0 Å². The zero-order valence-electron chi connectivity index (χ0n) is 11.7. The van der Waals surface area contributed by atoms with Gasteiger partial charge in [0.1, 0.15) is 17.8 Å². The molecule has 0 aromatic carbocycles. The Balaban J connectivity index is 1.79. The van der Waals surface area contributed by atoms with Gasteiger partial charge in [0.2, 0.25) is 0 Å². The van der Waals surface area contributed by atoms with E-state index in [1.54, 1.807) is 6.33 Å². The van der Waals surface area contributed by atoms with Gasteiger partial charge in [-0.25, -0.2) is 15.0 Å². The Morgan fingerprint density at radius 3 is 2.76 bits per heavy atom. The van der Waals surface area contributed by atoms with E-state index in [2.05, 4.69) is 31.3 Å². The van der Waals surface area contributed by atoms with Gasteiger partial charge in [-0.1, -0.05) is 12.8 Å². The molecule has 1 fully saturated rings. The van der Waals surface area contributed by atoms with Crippen LogP contribution in [0.1, 0.15) is 25.7 Å². The predicted molar refractivity (Wildman–Crippen MR) is 83.0 cm³/mol. The molecule has 21 heavy (non-hydrogen) atoms. The summed E-state index contributed by atoms with van der Waals surface area (Å²) >= 11 is 0. The summed E-state index contributed by atoms with van der Waals surface area (Å²) in [6.45, 7) is 0. The fraction of sp³-hybridized carbons (Fsp3) is 0.312. The van der Waals surface area contributed by atoms with Crippen LogP contribution in [-0.2, 0) is 0 Å². The second kappa shape index (κ2) is 5.16. The highest BCUT2D eigenvalue weighted by molar-refractivity contribution is 5.94. The minimum Gasteiger partial charge on any atom is -0.367 e. The van der Waals surface area contributed by atoms with Crippen LogP contribution in [0.25, 0.3) is 22.2 Å². The van der Waals surface area contributed by atoms with E-state index >= 15 is 0 Å². The molecule has 1 aliphatic carbocycles. The molecule has 0 bridgehead atoms. The highest BCUT2D eigenvalue weighted by Gasteiger charge is 2.16. The number of nitrogens with one attached hydrogen (secondary N) is 2. The van der Waals surface area contributed by atoms with Gasteiger partial charge in [0, 0.05) is 35.6 Å². The molecular weight excluding hydrogens is 262 g/mol. The number of H-pyrrole nitrogens is 1. The van der Waals surface area contributed by atoms with Crippen molar-refractivity contribution in [1.29, 1.82) is 0 Å². The van der Waals surface area contributed by atoms with Gasteiger partial charge in [0.05, 0.1) is 0 Å². The van der Waals surface area contributed by atoms with E-state index in [0.717, 1.165) is 28.0 Å². The maximum Gasteiger partial charge on any atom is 0.140 e. The summed E-state index contributed by atoms with van der Waals surface area (Å²) in [6.07, 6.45) is 12.2. The molecule has 3 heterocycles. The van der Waals surface area contributed by atoms with Crippen molar-refractivity contribution in [2.45, 2.75) is 31.7 Å². The van der Waals surface area contributed by atoms with Crippen LogP contribution in [0.3, 0.4) is 0 Å². The summed E-state index contributed by atoms with van der Waals surface area (Å²) in [5.74, 6) is 0.927. The van der Waals surface area contributed by atoms with E-state index in [9.17, 15) is 0 Å². The van der Waals surface area contributed by atoms with E-state index < -0.39 is 0 Å². The fourth-order valence-electron chi connectivity index (χ4n) is 3.07. The summed E-state index contributed by atoms with van der Waals surface area (Å²) in [5.41, 5.74) is 3.03. The highest BCUT2D eigenvalue weighted by atomic mass is 15.0. The monoisotopic (exact) mass is 279 g/mol. The zero-order valence-corrected chi connectivity index (χ0v) is 11.7. The second-order valence-electron chi connectivity index (χ2n) is 5.55. The third-order valence-corrected chi connectivity index (χ3v) is 4.11. The molecule has 5 heteroatoms. The first-order chi connectivity index (χ1) is 10.4. The van der Waals surface area contributed by atoms with Crippen LogP contribution in [0.5, 0.6) is 0 Å². The van der Waals surface area contributed by atoms with Crippen molar-refractivity contribution in [3.63, 3.8) is 0 Å². The summed E-state index contributed by atoms with van der Waals surface area (Å²) in [5, 5.41) is 4.66.